The van der Waals surface area contributed by atoms with Gasteiger partial charge in [-0.05, 0) is 58.5 Å². The van der Waals surface area contributed by atoms with Crippen molar-refractivity contribution in [3.63, 3.8) is 0 Å². The zero-order valence-electron chi connectivity index (χ0n) is 18.1. The minimum Gasteiger partial charge on any atom is -0.461 e. The number of guanidine groups is 1. The molecule has 1 atom stereocenters. The number of rotatable bonds is 12. The van der Waals surface area contributed by atoms with Crippen LogP contribution in [0.4, 0.5) is 0 Å². The highest BCUT2D eigenvalue weighted by molar-refractivity contribution is 14.0. The predicted octanol–water partition coefficient (Wildman–Crippen LogP) is 3.29. The standard InChI is InChI=1S/C20H35N7O.HI/c1-5-21-20(23-16(4)10-8-14-27(6-2)7-3)22-13-12-18-24-19(26-25-18)17-11-9-15-28-17;/h9,11,15-16H,5-8,10,12-14H2,1-4H3,(H2,21,22,23)(H,24,25,26);1H. The van der Waals surface area contributed by atoms with Crippen molar-refractivity contribution in [1.29, 1.82) is 0 Å². The molecule has 0 aromatic carbocycles. The highest BCUT2D eigenvalue weighted by atomic mass is 127. The van der Waals surface area contributed by atoms with Crippen LogP contribution < -0.4 is 10.6 Å². The Morgan fingerprint density at radius 3 is 2.76 bits per heavy atom. The summed E-state index contributed by atoms with van der Waals surface area (Å²) in [5, 5.41) is 14.0. The molecule has 9 heteroatoms. The van der Waals surface area contributed by atoms with Crippen LogP contribution in [0.5, 0.6) is 0 Å². The number of nitrogens with zero attached hydrogens (tertiary/aromatic N) is 4. The number of aromatic nitrogens is 3. The second-order valence-electron chi connectivity index (χ2n) is 6.81. The van der Waals surface area contributed by atoms with Crippen LogP contribution in [0.3, 0.4) is 0 Å². The number of aromatic amines is 1. The van der Waals surface area contributed by atoms with Crippen molar-refractivity contribution < 1.29 is 4.42 Å². The van der Waals surface area contributed by atoms with Crippen molar-refractivity contribution in [2.45, 2.75) is 53.0 Å². The van der Waals surface area contributed by atoms with Crippen molar-refractivity contribution in [1.82, 2.24) is 30.7 Å². The topological polar surface area (TPSA) is 94.4 Å². The Morgan fingerprint density at radius 1 is 1.31 bits per heavy atom. The smallest absolute Gasteiger partial charge is 0.216 e. The molecule has 0 amide bonds. The van der Waals surface area contributed by atoms with Gasteiger partial charge in [0.05, 0.1) is 6.26 Å². The molecule has 2 rings (SSSR count). The molecule has 2 heterocycles. The average molecular weight is 517 g/mol. The van der Waals surface area contributed by atoms with Crippen molar-refractivity contribution in [2.75, 3.05) is 32.7 Å². The minimum atomic E-state index is 0. The maximum absolute atomic E-state index is 5.32. The summed E-state index contributed by atoms with van der Waals surface area (Å²) in [7, 11) is 0. The Hall–Kier alpha value is -1.62. The molecule has 1 unspecified atom stereocenters. The molecule has 0 saturated carbocycles. The first-order valence-electron chi connectivity index (χ1n) is 10.4. The molecule has 0 fully saturated rings. The summed E-state index contributed by atoms with van der Waals surface area (Å²) < 4.78 is 5.32. The van der Waals surface area contributed by atoms with E-state index < -0.39 is 0 Å². The van der Waals surface area contributed by atoms with E-state index in [0.717, 1.165) is 44.4 Å². The molecule has 0 aliphatic carbocycles. The molecule has 0 aliphatic rings. The van der Waals surface area contributed by atoms with Crippen LogP contribution in [0.2, 0.25) is 0 Å². The largest absolute Gasteiger partial charge is 0.461 e. The van der Waals surface area contributed by atoms with Crippen molar-refractivity contribution in [3.8, 4) is 11.6 Å². The van der Waals surface area contributed by atoms with E-state index >= 15 is 0 Å². The first kappa shape index (κ1) is 25.4. The van der Waals surface area contributed by atoms with E-state index in [9.17, 15) is 0 Å². The van der Waals surface area contributed by atoms with Gasteiger partial charge in [-0.2, -0.15) is 5.10 Å². The number of halogens is 1. The molecule has 0 bridgehead atoms. The lowest BCUT2D eigenvalue weighted by Gasteiger charge is -2.21. The van der Waals surface area contributed by atoms with Crippen LogP contribution in [0, 0.1) is 0 Å². The Balaban J connectivity index is 0.00000420. The summed E-state index contributed by atoms with van der Waals surface area (Å²) in [6.07, 6.45) is 4.62. The molecule has 3 N–H and O–H groups in total. The fraction of sp³-hybridized carbons (Fsp3) is 0.650. The molecule has 0 aliphatic heterocycles. The second-order valence-corrected chi connectivity index (χ2v) is 6.81. The Bertz CT molecular complexity index is 683. The van der Waals surface area contributed by atoms with E-state index in [1.54, 1.807) is 6.26 Å². The molecule has 164 valence electrons. The molecule has 2 aromatic heterocycles. The van der Waals surface area contributed by atoms with Gasteiger partial charge in [0.1, 0.15) is 5.82 Å². The Kier molecular flexibility index (Phi) is 12.6. The number of hydrogen-bond donors (Lipinski definition) is 3. The zero-order chi connectivity index (χ0) is 20.2. The van der Waals surface area contributed by atoms with Crippen LogP contribution in [-0.2, 0) is 6.42 Å². The minimum absolute atomic E-state index is 0. The molecular formula is C20H36IN7O. The summed E-state index contributed by atoms with van der Waals surface area (Å²) in [5.41, 5.74) is 0. The lowest BCUT2D eigenvalue weighted by atomic mass is 10.2. The highest BCUT2D eigenvalue weighted by Gasteiger charge is 2.09. The van der Waals surface area contributed by atoms with E-state index in [-0.39, 0.29) is 24.0 Å². The van der Waals surface area contributed by atoms with Gasteiger partial charge < -0.3 is 20.0 Å². The lowest BCUT2D eigenvalue weighted by molar-refractivity contribution is 0.292. The normalized spacial score (nSPS) is 12.7. The SMILES string of the molecule is CCNC(=NCCc1nc(-c2ccco2)n[nH]1)NC(C)CCCN(CC)CC.I. The monoisotopic (exact) mass is 517 g/mol. The molecule has 0 saturated heterocycles. The highest BCUT2D eigenvalue weighted by Crippen LogP contribution is 2.14. The van der Waals surface area contributed by atoms with Gasteiger partial charge in [0.15, 0.2) is 11.7 Å². The summed E-state index contributed by atoms with van der Waals surface area (Å²) in [6, 6.07) is 4.05. The second kappa shape index (κ2) is 14.4. The van der Waals surface area contributed by atoms with E-state index in [1.807, 2.05) is 12.1 Å². The fourth-order valence-corrected chi connectivity index (χ4v) is 2.98. The van der Waals surface area contributed by atoms with E-state index in [4.69, 9.17) is 4.42 Å². The van der Waals surface area contributed by atoms with Crippen LogP contribution in [0.1, 0.15) is 46.4 Å². The van der Waals surface area contributed by atoms with Gasteiger partial charge in [-0.15, -0.1) is 24.0 Å². The average Bonchev–Trinajstić information content (AvgIpc) is 3.37. The number of nitrogens with one attached hydrogen (secondary N) is 3. The summed E-state index contributed by atoms with van der Waals surface area (Å²) in [6.45, 7) is 13.6. The van der Waals surface area contributed by atoms with Gasteiger partial charge >= 0.3 is 0 Å². The fourth-order valence-electron chi connectivity index (χ4n) is 2.98. The Labute approximate surface area is 191 Å². The lowest BCUT2D eigenvalue weighted by Crippen LogP contribution is -2.42. The van der Waals surface area contributed by atoms with E-state index in [1.165, 1.54) is 6.42 Å². The quantitative estimate of drug-likeness (QED) is 0.227. The maximum Gasteiger partial charge on any atom is 0.216 e. The Morgan fingerprint density at radius 2 is 2.10 bits per heavy atom. The first-order chi connectivity index (χ1) is 13.7. The molecule has 2 aromatic rings. The van der Waals surface area contributed by atoms with E-state index in [0.29, 0.717) is 30.6 Å². The van der Waals surface area contributed by atoms with Crippen LogP contribution in [0.15, 0.2) is 27.8 Å². The third kappa shape index (κ3) is 9.16. The van der Waals surface area contributed by atoms with Crippen molar-refractivity contribution in [3.05, 3.63) is 24.2 Å². The van der Waals surface area contributed by atoms with Gasteiger partial charge in [0.2, 0.25) is 5.82 Å². The molecule has 8 nitrogen and oxygen atoms in total. The zero-order valence-corrected chi connectivity index (χ0v) is 20.4. The van der Waals surface area contributed by atoms with Gasteiger partial charge in [0.25, 0.3) is 0 Å². The number of hydrogen-bond acceptors (Lipinski definition) is 5. The molecular weight excluding hydrogens is 481 g/mol. The van der Waals surface area contributed by atoms with Gasteiger partial charge in [-0.1, -0.05) is 13.8 Å². The maximum atomic E-state index is 5.32. The summed E-state index contributed by atoms with van der Waals surface area (Å²) in [4.78, 5) is 11.6. The molecule has 0 radical (unpaired) electrons. The van der Waals surface area contributed by atoms with Crippen LogP contribution in [0.25, 0.3) is 11.6 Å². The number of aliphatic imine (C=N–C) groups is 1. The van der Waals surface area contributed by atoms with E-state index in [2.05, 4.69) is 63.4 Å². The van der Waals surface area contributed by atoms with Crippen molar-refractivity contribution >= 4 is 29.9 Å². The molecule has 29 heavy (non-hydrogen) atoms. The third-order valence-electron chi connectivity index (χ3n) is 4.63. The number of H-pyrrole nitrogens is 1. The van der Waals surface area contributed by atoms with Crippen molar-refractivity contribution in [2.24, 2.45) is 4.99 Å². The summed E-state index contributed by atoms with van der Waals surface area (Å²) in [5.74, 6) is 2.90. The number of furan rings is 1. The van der Waals surface area contributed by atoms with Gasteiger partial charge in [-0.25, -0.2) is 4.98 Å². The van der Waals surface area contributed by atoms with Crippen LogP contribution in [-0.4, -0.2) is 64.8 Å². The van der Waals surface area contributed by atoms with Gasteiger partial charge in [-0.3, -0.25) is 10.1 Å². The molecule has 0 spiro atoms. The third-order valence-corrected chi connectivity index (χ3v) is 4.63. The first-order valence-corrected chi connectivity index (χ1v) is 10.4. The predicted molar refractivity (Wildman–Crippen MR) is 129 cm³/mol. The summed E-state index contributed by atoms with van der Waals surface area (Å²) >= 11 is 0. The van der Waals surface area contributed by atoms with Crippen LogP contribution >= 0.6 is 24.0 Å². The van der Waals surface area contributed by atoms with Gasteiger partial charge in [0, 0.05) is 25.6 Å².